The van der Waals surface area contributed by atoms with Gasteiger partial charge in [0, 0.05) is 13.8 Å². The summed E-state index contributed by atoms with van der Waals surface area (Å²) < 4.78 is 13.9. The summed E-state index contributed by atoms with van der Waals surface area (Å²) in [5, 5.41) is 0. The first-order chi connectivity index (χ1) is 5.25. The van der Waals surface area contributed by atoms with Crippen LogP contribution in [0.15, 0.2) is 18.2 Å². The fraction of sp³-hybridized carbons (Fsp3) is 0.250. The van der Waals surface area contributed by atoms with Crippen LogP contribution in [0.5, 0.6) is 0 Å². The van der Waals surface area contributed by atoms with Gasteiger partial charge < -0.3 is 0 Å². The molecule has 0 fully saturated rings. The van der Waals surface area contributed by atoms with E-state index in [0.29, 0.717) is 3.57 Å². The summed E-state index contributed by atoms with van der Waals surface area (Å²) in [7, 11) is 3.32. The van der Waals surface area contributed by atoms with Gasteiger partial charge in [-0.25, -0.2) is 4.39 Å². The highest BCUT2D eigenvalue weighted by atomic mass is 127. The van der Waals surface area contributed by atoms with E-state index in [0.717, 1.165) is 18.0 Å². The first kappa shape index (κ1) is 9.19. The highest BCUT2D eigenvalue weighted by Gasteiger charge is 2.03. The molecule has 0 unspecified atom stereocenters. The van der Waals surface area contributed by atoms with E-state index in [4.69, 9.17) is 0 Å². The number of benzene rings is 1. The standard InChI is InChI=1S/C8H7FISi/c9-8-6(4-5-11)2-1-3-7(8)10/h1-3H,4-5H2. The van der Waals surface area contributed by atoms with Crippen molar-refractivity contribution in [2.24, 2.45) is 0 Å². The summed E-state index contributed by atoms with van der Waals surface area (Å²) in [5.74, 6) is -0.0775. The molecule has 0 amide bonds. The second-order valence-electron chi connectivity index (χ2n) is 2.21. The Labute approximate surface area is 82.8 Å². The molecular weight excluding hydrogens is 270 g/mol. The highest BCUT2D eigenvalue weighted by Crippen LogP contribution is 2.15. The molecule has 11 heavy (non-hydrogen) atoms. The normalized spacial score (nSPS) is 10.1. The molecule has 0 heterocycles. The Balaban J connectivity index is 2.96. The summed E-state index contributed by atoms with van der Waals surface area (Å²) in [5.41, 5.74) is 0.784. The Kier molecular flexibility index (Phi) is 3.51. The summed E-state index contributed by atoms with van der Waals surface area (Å²) in [6.45, 7) is 0. The number of hydrogen-bond acceptors (Lipinski definition) is 0. The predicted molar refractivity (Wildman–Crippen MR) is 53.4 cm³/mol. The van der Waals surface area contributed by atoms with E-state index in [1.165, 1.54) is 0 Å². The quantitative estimate of drug-likeness (QED) is 0.575. The third kappa shape index (κ3) is 2.26. The molecule has 0 saturated heterocycles. The van der Waals surface area contributed by atoms with Crippen LogP contribution >= 0.6 is 22.6 Å². The van der Waals surface area contributed by atoms with Crippen LogP contribution in [0.2, 0.25) is 6.04 Å². The minimum Gasteiger partial charge on any atom is -0.206 e. The minimum absolute atomic E-state index is 0.0775. The molecule has 0 spiro atoms. The lowest BCUT2D eigenvalue weighted by Crippen LogP contribution is -1.92. The van der Waals surface area contributed by atoms with Gasteiger partial charge in [-0.05, 0) is 40.6 Å². The molecule has 3 heteroatoms. The fourth-order valence-electron chi connectivity index (χ4n) is 0.876. The molecule has 1 aromatic rings. The van der Waals surface area contributed by atoms with Crippen LogP contribution in [0, 0.1) is 9.39 Å². The second kappa shape index (κ2) is 4.20. The van der Waals surface area contributed by atoms with Crippen LogP contribution < -0.4 is 0 Å². The van der Waals surface area contributed by atoms with Crippen molar-refractivity contribution in [3.63, 3.8) is 0 Å². The van der Waals surface area contributed by atoms with Gasteiger partial charge in [0.05, 0.1) is 0 Å². The van der Waals surface area contributed by atoms with Crippen LogP contribution in [0.25, 0.3) is 0 Å². The Morgan fingerprint density at radius 1 is 1.45 bits per heavy atom. The molecular formula is C8H7FISi. The maximum absolute atomic E-state index is 13.2. The smallest absolute Gasteiger partial charge is 0.139 e. The van der Waals surface area contributed by atoms with E-state index >= 15 is 0 Å². The zero-order chi connectivity index (χ0) is 8.27. The van der Waals surface area contributed by atoms with Crippen LogP contribution in [-0.4, -0.2) is 10.2 Å². The number of rotatable bonds is 2. The Morgan fingerprint density at radius 3 is 2.82 bits per heavy atom. The van der Waals surface area contributed by atoms with Crippen LogP contribution in [0.3, 0.4) is 0 Å². The molecule has 0 N–H and O–H groups in total. The van der Waals surface area contributed by atoms with Crippen molar-refractivity contribution in [3.8, 4) is 0 Å². The van der Waals surface area contributed by atoms with Crippen molar-refractivity contribution in [2.45, 2.75) is 12.5 Å². The molecule has 1 aromatic carbocycles. The Morgan fingerprint density at radius 2 is 2.18 bits per heavy atom. The second-order valence-corrected chi connectivity index (χ2v) is 3.88. The molecule has 0 aliphatic rings. The first-order valence-electron chi connectivity index (χ1n) is 3.33. The molecule has 0 aromatic heterocycles. The summed E-state index contributed by atoms with van der Waals surface area (Å²) in [4.78, 5) is 0. The monoisotopic (exact) mass is 277 g/mol. The average molecular weight is 277 g/mol. The number of aryl methyl sites for hydroxylation is 1. The van der Waals surface area contributed by atoms with Crippen molar-refractivity contribution in [2.75, 3.05) is 0 Å². The van der Waals surface area contributed by atoms with Crippen molar-refractivity contribution >= 4 is 32.8 Å². The van der Waals surface area contributed by atoms with Crippen molar-refractivity contribution in [3.05, 3.63) is 33.1 Å². The first-order valence-corrected chi connectivity index (χ1v) is 5.11. The zero-order valence-electron chi connectivity index (χ0n) is 5.90. The van der Waals surface area contributed by atoms with Crippen molar-refractivity contribution in [1.82, 2.24) is 0 Å². The van der Waals surface area contributed by atoms with E-state index in [1.807, 2.05) is 34.7 Å². The number of hydrogen-bond donors (Lipinski definition) is 0. The molecule has 57 valence electrons. The van der Waals surface area contributed by atoms with E-state index in [-0.39, 0.29) is 5.82 Å². The topological polar surface area (TPSA) is 0 Å². The minimum atomic E-state index is -0.0775. The van der Waals surface area contributed by atoms with Gasteiger partial charge in [0.25, 0.3) is 0 Å². The summed E-state index contributed by atoms with van der Waals surface area (Å²) in [6, 6.07) is 6.27. The number of halogens is 2. The molecule has 0 saturated carbocycles. The third-order valence-corrected chi connectivity index (χ3v) is 2.51. The summed E-state index contributed by atoms with van der Waals surface area (Å²) >= 11 is 2.00. The SMILES string of the molecule is Fc1c(I)cccc1CC[Si]. The van der Waals surface area contributed by atoms with Gasteiger partial charge in [-0.2, -0.15) is 0 Å². The Bertz CT molecular complexity index is 250. The fourth-order valence-corrected chi connectivity index (χ4v) is 1.70. The van der Waals surface area contributed by atoms with Gasteiger partial charge in [0.15, 0.2) is 0 Å². The third-order valence-electron chi connectivity index (χ3n) is 1.43. The molecule has 0 bridgehead atoms. The van der Waals surface area contributed by atoms with Gasteiger partial charge >= 0.3 is 0 Å². The zero-order valence-corrected chi connectivity index (χ0v) is 9.06. The van der Waals surface area contributed by atoms with E-state index < -0.39 is 0 Å². The van der Waals surface area contributed by atoms with Gasteiger partial charge in [-0.15, -0.1) is 0 Å². The van der Waals surface area contributed by atoms with Gasteiger partial charge in [0.1, 0.15) is 5.82 Å². The van der Waals surface area contributed by atoms with E-state index in [2.05, 4.69) is 10.2 Å². The van der Waals surface area contributed by atoms with Crippen LogP contribution in [0.4, 0.5) is 4.39 Å². The largest absolute Gasteiger partial charge is 0.206 e. The lowest BCUT2D eigenvalue weighted by molar-refractivity contribution is 0.605. The molecule has 1 rings (SSSR count). The van der Waals surface area contributed by atoms with Gasteiger partial charge in [-0.1, -0.05) is 18.2 Å². The Hall–Kier alpha value is 0.0969. The van der Waals surface area contributed by atoms with E-state index in [1.54, 1.807) is 6.07 Å². The maximum atomic E-state index is 13.2. The van der Waals surface area contributed by atoms with Crippen molar-refractivity contribution < 1.29 is 4.39 Å². The van der Waals surface area contributed by atoms with E-state index in [9.17, 15) is 4.39 Å². The van der Waals surface area contributed by atoms with Crippen molar-refractivity contribution in [1.29, 1.82) is 0 Å². The summed E-state index contributed by atoms with van der Waals surface area (Å²) in [6.07, 6.45) is 0.750. The van der Waals surface area contributed by atoms with Gasteiger partial charge in [-0.3, -0.25) is 0 Å². The lowest BCUT2D eigenvalue weighted by Gasteiger charge is -2.01. The van der Waals surface area contributed by atoms with Crippen LogP contribution in [-0.2, 0) is 6.42 Å². The molecule has 0 aliphatic carbocycles. The predicted octanol–water partition coefficient (Wildman–Crippen LogP) is 2.56. The van der Waals surface area contributed by atoms with Crippen LogP contribution in [0.1, 0.15) is 5.56 Å². The molecule has 3 radical (unpaired) electrons. The molecule has 0 nitrogen and oxygen atoms in total. The average Bonchev–Trinajstić information content (AvgIpc) is 1.99. The highest BCUT2D eigenvalue weighted by molar-refractivity contribution is 14.1. The van der Waals surface area contributed by atoms with Gasteiger partial charge in [0.2, 0.25) is 0 Å². The molecule has 0 atom stereocenters. The maximum Gasteiger partial charge on any atom is 0.139 e. The molecule has 0 aliphatic heterocycles. The lowest BCUT2D eigenvalue weighted by atomic mass is 10.2.